The minimum absolute atomic E-state index is 0.115. The number of aromatic nitrogens is 3. The van der Waals surface area contributed by atoms with Crippen LogP contribution in [-0.4, -0.2) is 64.5 Å². The predicted octanol–water partition coefficient (Wildman–Crippen LogP) is 1.43. The van der Waals surface area contributed by atoms with Gasteiger partial charge in [-0.15, -0.1) is 0 Å². The lowest BCUT2D eigenvalue weighted by molar-refractivity contribution is -0.115. The van der Waals surface area contributed by atoms with Crippen LogP contribution >= 0.6 is 0 Å². The molecule has 0 unspecified atom stereocenters. The number of imidazole rings is 1. The Hall–Kier alpha value is -3.62. The van der Waals surface area contributed by atoms with E-state index in [4.69, 9.17) is 0 Å². The topological polar surface area (TPSA) is 106 Å². The number of carbonyl (C=O) groups is 2. The molecule has 1 saturated heterocycles. The van der Waals surface area contributed by atoms with E-state index in [-0.39, 0.29) is 18.5 Å². The number of nitrogens with one attached hydrogen (secondary N) is 3. The van der Waals surface area contributed by atoms with Crippen molar-refractivity contribution in [3.05, 3.63) is 48.7 Å². The van der Waals surface area contributed by atoms with E-state index in [1.807, 2.05) is 42.5 Å². The monoisotopic (exact) mass is 379 g/mol. The fourth-order valence-corrected chi connectivity index (χ4v) is 3.14. The smallest absolute Gasteiger partial charge is 0.317 e. The molecule has 1 aliphatic rings. The Bertz CT molecular complexity index is 932. The van der Waals surface area contributed by atoms with Gasteiger partial charge in [-0.1, -0.05) is 18.2 Å². The number of aromatic amines is 1. The highest BCUT2D eigenvalue weighted by molar-refractivity contribution is 5.94. The fourth-order valence-electron chi connectivity index (χ4n) is 3.14. The standard InChI is InChI=1S/C19H21N7O2/c27-17(24-18-22-14-5-1-2-6-15(14)23-18)13-21-19(28)26-11-9-25(10-12-26)16-7-3-4-8-20-16/h1-8H,9-13H2,(H,21,28)(H2,22,23,24,27). The van der Waals surface area contributed by atoms with Crippen molar-refractivity contribution in [3.63, 3.8) is 0 Å². The van der Waals surface area contributed by atoms with Gasteiger partial charge in [0.2, 0.25) is 11.9 Å². The molecule has 0 aliphatic carbocycles. The van der Waals surface area contributed by atoms with Crippen LogP contribution in [0.3, 0.4) is 0 Å². The van der Waals surface area contributed by atoms with E-state index in [0.29, 0.717) is 32.1 Å². The second-order valence-corrected chi connectivity index (χ2v) is 6.47. The number of nitrogens with zero attached hydrogens (tertiary/aromatic N) is 4. The number of hydrogen-bond acceptors (Lipinski definition) is 5. The number of rotatable bonds is 4. The molecule has 28 heavy (non-hydrogen) atoms. The van der Waals surface area contributed by atoms with Gasteiger partial charge in [-0.2, -0.15) is 0 Å². The van der Waals surface area contributed by atoms with Gasteiger partial charge in [-0.25, -0.2) is 14.8 Å². The molecule has 9 nitrogen and oxygen atoms in total. The highest BCUT2D eigenvalue weighted by Crippen LogP contribution is 2.13. The highest BCUT2D eigenvalue weighted by atomic mass is 16.2. The summed E-state index contributed by atoms with van der Waals surface area (Å²) in [5.74, 6) is 0.941. The van der Waals surface area contributed by atoms with E-state index in [1.54, 1.807) is 11.1 Å². The second-order valence-electron chi connectivity index (χ2n) is 6.47. The third-order valence-electron chi connectivity index (χ3n) is 4.59. The maximum absolute atomic E-state index is 12.3. The number of hydrogen-bond donors (Lipinski definition) is 3. The summed E-state index contributed by atoms with van der Waals surface area (Å²) < 4.78 is 0. The first-order valence-electron chi connectivity index (χ1n) is 9.12. The van der Waals surface area contributed by atoms with Gasteiger partial charge in [0.25, 0.3) is 0 Å². The summed E-state index contributed by atoms with van der Waals surface area (Å²) in [4.78, 5) is 39.9. The lowest BCUT2D eigenvalue weighted by atomic mass is 10.3. The maximum Gasteiger partial charge on any atom is 0.317 e. The molecule has 2 aromatic heterocycles. The van der Waals surface area contributed by atoms with Crippen molar-refractivity contribution in [2.75, 3.05) is 42.9 Å². The van der Waals surface area contributed by atoms with Crippen molar-refractivity contribution in [2.45, 2.75) is 0 Å². The molecule has 1 aromatic carbocycles. The van der Waals surface area contributed by atoms with E-state index in [0.717, 1.165) is 16.9 Å². The lowest BCUT2D eigenvalue weighted by Crippen LogP contribution is -2.52. The number of carbonyl (C=O) groups excluding carboxylic acids is 2. The van der Waals surface area contributed by atoms with E-state index >= 15 is 0 Å². The molecular formula is C19H21N7O2. The molecular weight excluding hydrogens is 358 g/mol. The van der Waals surface area contributed by atoms with Crippen molar-refractivity contribution in [3.8, 4) is 0 Å². The molecule has 3 amide bonds. The van der Waals surface area contributed by atoms with Gasteiger partial charge in [0.15, 0.2) is 0 Å². The van der Waals surface area contributed by atoms with Crippen molar-refractivity contribution in [1.82, 2.24) is 25.2 Å². The zero-order valence-corrected chi connectivity index (χ0v) is 15.3. The molecule has 0 spiro atoms. The molecule has 1 fully saturated rings. The van der Waals surface area contributed by atoms with Crippen LogP contribution in [0.1, 0.15) is 0 Å². The van der Waals surface area contributed by atoms with Crippen LogP contribution < -0.4 is 15.5 Å². The van der Waals surface area contributed by atoms with Crippen LogP contribution in [0.5, 0.6) is 0 Å². The Morgan fingerprint density at radius 1 is 1.04 bits per heavy atom. The van der Waals surface area contributed by atoms with Gasteiger partial charge in [0.05, 0.1) is 17.6 Å². The zero-order chi connectivity index (χ0) is 19.3. The molecule has 0 radical (unpaired) electrons. The van der Waals surface area contributed by atoms with Crippen molar-refractivity contribution in [1.29, 1.82) is 0 Å². The van der Waals surface area contributed by atoms with Crippen LogP contribution in [0.25, 0.3) is 11.0 Å². The SMILES string of the molecule is O=C(CNC(=O)N1CCN(c2ccccn2)CC1)Nc1nc2ccccc2[nH]1. The van der Waals surface area contributed by atoms with Gasteiger partial charge < -0.3 is 20.1 Å². The molecule has 3 N–H and O–H groups in total. The molecule has 3 aromatic rings. The van der Waals surface area contributed by atoms with Crippen molar-refractivity contribution >= 4 is 34.7 Å². The number of fused-ring (bicyclic) bond motifs is 1. The number of para-hydroxylation sites is 2. The number of piperazine rings is 1. The van der Waals surface area contributed by atoms with Gasteiger partial charge in [0, 0.05) is 32.4 Å². The Morgan fingerprint density at radius 2 is 1.82 bits per heavy atom. The van der Waals surface area contributed by atoms with E-state index in [2.05, 4.69) is 30.5 Å². The number of amides is 3. The normalized spacial score (nSPS) is 14.1. The number of pyridine rings is 1. The molecule has 0 bridgehead atoms. The Kier molecular flexibility index (Phi) is 5.05. The van der Waals surface area contributed by atoms with Gasteiger partial charge in [0.1, 0.15) is 5.82 Å². The summed E-state index contributed by atoms with van der Waals surface area (Å²) in [6.07, 6.45) is 1.76. The average molecular weight is 379 g/mol. The first-order chi connectivity index (χ1) is 13.7. The summed E-state index contributed by atoms with van der Waals surface area (Å²) in [5, 5.41) is 5.32. The Balaban J connectivity index is 1.23. The highest BCUT2D eigenvalue weighted by Gasteiger charge is 2.22. The number of H-pyrrole nitrogens is 1. The van der Waals surface area contributed by atoms with Gasteiger partial charge in [-0.05, 0) is 24.3 Å². The second kappa shape index (κ2) is 7.95. The third-order valence-corrected chi connectivity index (χ3v) is 4.59. The molecule has 144 valence electrons. The summed E-state index contributed by atoms with van der Waals surface area (Å²) in [7, 11) is 0. The van der Waals surface area contributed by atoms with Crippen LogP contribution in [0.4, 0.5) is 16.6 Å². The number of benzene rings is 1. The van der Waals surface area contributed by atoms with E-state index < -0.39 is 0 Å². The van der Waals surface area contributed by atoms with E-state index in [1.165, 1.54) is 0 Å². The Labute approximate surface area is 161 Å². The van der Waals surface area contributed by atoms with Crippen LogP contribution in [0, 0.1) is 0 Å². The minimum atomic E-state index is -0.334. The molecule has 0 atom stereocenters. The number of urea groups is 1. The fraction of sp³-hybridized carbons (Fsp3) is 0.263. The quantitative estimate of drug-likeness (QED) is 0.636. The summed E-state index contributed by atoms with van der Waals surface area (Å²) in [5.41, 5.74) is 1.61. The summed E-state index contributed by atoms with van der Waals surface area (Å²) >= 11 is 0. The van der Waals surface area contributed by atoms with Crippen LogP contribution in [0.2, 0.25) is 0 Å². The first kappa shape index (κ1) is 17.8. The van der Waals surface area contributed by atoms with Crippen molar-refractivity contribution < 1.29 is 9.59 Å². The molecule has 9 heteroatoms. The maximum atomic E-state index is 12.3. The van der Waals surface area contributed by atoms with Gasteiger partial charge in [-0.3, -0.25) is 10.1 Å². The number of anilines is 2. The van der Waals surface area contributed by atoms with Crippen LogP contribution in [0.15, 0.2) is 48.7 Å². The summed E-state index contributed by atoms with van der Waals surface area (Å²) in [6.45, 7) is 2.45. The molecule has 1 aliphatic heterocycles. The van der Waals surface area contributed by atoms with Crippen molar-refractivity contribution in [2.24, 2.45) is 0 Å². The predicted molar refractivity (Wildman–Crippen MR) is 106 cm³/mol. The molecule has 0 saturated carbocycles. The Morgan fingerprint density at radius 3 is 2.57 bits per heavy atom. The first-order valence-corrected chi connectivity index (χ1v) is 9.12. The van der Waals surface area contributed by atoms with Crippen LogP contribution in [-0.2, 0) is 4.79 Å². The molecule has 4 rings (SSSR count). The minimum Gasteiger partial charge on any atom is -0.353 e. The zero-order valence-electron chi connectivity index (χ0n) is 15.3. The third kappa shape index (κ3) is 4.03. The van der Waals surface area contributed by atoms with Gasteiger partial charge >= 0.3 is 6.03 Å². The lowest BCUT2D eigenvalue weighted by Gasteiger charge is -2.35. The average Bonchev–Trinajstić information content (AvgIpc) is 3.15. The largest absolute Gasteiger partial charge is 0.353 e. The summed E-state index contributed by atoms with van der Waals surface area (Å²) in [6, 6.07) is 13.0. The molecule has 3 heterocycles. The van der Waals surface area contributed by atoms with E-state index in [9.17, 15) is 9.59 Å².